The van der Waals surface area contributed by atoms with Crippen LogP contribution in [-0.4, -0.2) is 30.1 Å². The van der Waals surface area contributed by atoms with Gasteiger partial charge in [0.25, 0.3) is 0 Å². The Hall–Kier alpha value is -4.04. The molecule has 6 heterocycles. The van der Waals surface area contributed by atoms with Crippen molar-refractivity contribution < 1.29 is 0 Å². The minimum Gasteiger partial charge on any atom is -0.397 e. The van der Waals surface area contributed by atoms with E-state index in [9.17, 15) is 0 Å². The number of aromatic amines is 2. The maximum absolute atomic E-state index is 5.89. The second-order valence-electron chi connectivity index (χ2n) is 6.95. The molecule has 0 aromatic carbocycles. The van der Waals surface area contributed by atoms with Crippen LogP contribution in [0.15, 0.2) is 66.4 Å². The van der Waals surface area contributed by atoms with Gasteiger partial charge in [0, 0.05) is 35.1 Å². The largest absolute Gasteiger partial charge is 0.397 e. The molecule has 4 N–H and O–H groups in total. The van der Waals surface area contributed by atoms with E-state index in [4.69, 9.17) is 10.7 Å². The van der Waals surface area contributed by atoms with Crippen molar-refractivity contribution in [3.8, 4) is 33.2 Å². The lowest BCUT2D eigenvalue weighted by Crippen LogP contribution is -1.90. The van der Waals surface area contributed by atoms with Crippen molar-refractivity contribution >= 4 is 39.0 Å². The van der Waals surface area contributed by atoms with Gasteiger partial charge < -0.3 is 10.7 Å². The maximum Gasteiger partial charge on any atom is 0.135 e. The molecule has 0 saturated heterocycles. The molecular weight excluding hydrogens is 394 g/mol. The third-order valence-electron chi connectivity index (χ3n) is 5.02. The first kappa shape index (κ1) is 16.9. The summed E-state index contributed by atoms with van der Waals surface area (Å²) in [6.07, 6.45) is 5.20. The third kappa shape index (κ3) is 2.66. The highest BCUT2D eigenvalue weighted by molar-refractivity contribution is 7.13. The predicted octanol–water partition coefficient (Wildman–Crippen LogP) is 4.87. The van der Waals surface area contributed by atoms with E-state index >= 15 is 0 Å². The molecule has 8 heteroatoms. The van der Waals surface area contributed by atoms with Gasteiger partial charge in [-0.15, -0.1) is 11.3 Å². The van der Waals surface area contributed by atoms with Crippen LogP contribution >= 0.6 is 11.3 Å². The number of pyridine rings is 3. The predicted molar refractivity (Wildman–Crippen MR) is 120 cm³/mol. The molecule has 0 unspecified atom stereocenters. The van der Waals surface area contributed by atoms with Crippen LogP contribution in [0.4, 0.5) is 5.69 Å². The molecule has 0 atom stereocenters. The number of nitrogen functional groups attached to an aromatic ring is 1. The Bertz CT molecular complexity index is 1510. The van der Waals surface area contributed by atoms with Crippen molar-refractivity contribution in [3.63, 3.8) is 0 Å². The minimum atomic E-state index is 0.603. The number of hydrogen-bond acceptors (Lipinski definition) is 6. The summed E-state index contributed by atoms with van der Waals surface area (Å²) < 4.78 is 0. The van der Waals surface area contributed by atoms with Crippen LogP contribution in [0.1, 0.15) is 0 Å². The first-order chi connectivity index (χ1) is 14.8. The van der Waals surface area contributed by atoms with E-state index in [1.165, 1.54) is 0 Å². The second kappa shape index (κ2) is 6.50. The highest BCUT2D eigenvalue weighted by atomic mass is 32.1. The van der Waals surface area contributed by atoms with Crippen LogP contribution in [0.3, 0.4) is 0 Å². The molecule has 6 aromatic heterocycles. The van der Waals surface area contributed by atoms with Crippen LogP contribution < -0.4 is 5.73 Å². The molecule has 144 valence electrons. The Balaban J connectivity index is 1.52. The van der Waals surface area contributed by atoms with E-state index in [-0.39, 0.29) is 0 Å². The van der Waals surface area contributed by atoms with E-state index in [1.807, 2.05) is 36.5 Å². The molecule has 6 aromatic rings. The van der Waals surface area contributed by atoms with Gasteiger partial charge >= 0.3 is 0 Å². The van der Waals surface area contributed by atoms with Crippen LogP contribution in [0, 0.1) is 0 Å². The Morgan fingerprint density at radius 1 is 0.967 bits per heavy atom. The molecule has 0 bridgehead atoms. The number of fused-ring (bicyclic) bond motifs is 2. The zero-order valence-electron chi connectivity index (χ0n) is 15.6. The number of H-pyrrole nitrogens is 2. The second-order valence-corrected chi connectivity index (χ2v) is 7.90. The summed E-state index contributed by atoms with van der Waals surface area (Å²) in [5.74, 6) is 0. The number of hydrogen-bond donors (Lipinski definition) is 3. The van der Waals surface area contributed by atoms with E-state index in [0.29, 0.717) is 5.69 Å². The molecule has 0 radical (unpaired) electrons. The lowest BCUT2D eigenvalue weighted by atomic mass is 10.1. The smallest absolute Gasteiger partial charge is 0.135 e. The number of nitrogens with two attached hydrogens (primary N) is 1. The van der Waals surface area contributed by atoms with Gasteiger partial charge in [-0.3, -0.25) is 15.1 Å². The van der Waals surface area contributed by atoms with Gasteiger partial charge in [0.05, 0.1) is 33.2 Å². The number of thiophene rings is 1. The number of nitrogens with one attached hydrogen (secondary N) is 2. The summed E-state index contributed by atoms with van der Waals surface area (Å²) in [5.41, 5.74) is 13.4. The maximum atomic E-state index is 5.89. The normalized spacial score (nSPS) is 11.5. The van der Waals surface area contributed by atoms with Gasteiger partial charge in [-0.25, -0.2) is 4.98 Å². The molecule has 7 nitrogen and oxygen atoms in total. The average molecular weight is 409 g/mol. The summed E-state index contributed by atoms with van der Waals surface area (Å²) in [7, 11) is 0. The fourth-order valence-electron chi connectivity index (χ4n) is 3.64. The van der Waals surface area contributed by atoms with Crippen molar-refractivity contribution in [1.82, 2.24) is 30.1 Å². The zero-order valence-corrected chi connectivity index (χ0v) is 16.4. The Labute approximate surface area is 174 Å². The molecule has 6 rings (SSSR count). The molecule has 0 aliphatic carbocycles. The lowest BCUT2D eigenvalue weighted by Gasteiger charge is -2.02. The van der Waals surface area contributed by atoms with Gasteiger partial charge in [0.15, 0.2) is 0 Å². The quantitative estimate of drug-likeness (QED) is 0.386. The van der Waals surface area contributed by atoms with Gasteiger partial charge in [-0.05, 0) is 41.8 Å². The fraction of sp³-hybridized carbons (Fsp3) is 0. The Morgan fingerprint density at radius 3 is 2.80 bits per heavy atom. The highest BCUT2D eigenvalue weighted by Gasteiger charge is 2.16. The molecule has 0 aliphatic rings. The zero-order chi connectivity index (χ0) is 20.1. The number of anilines is 1. The molecule has 30 heavy (non-hydrogen) atoms. The molecule has 0 spiro atoms. The molecule has 0 fully saturated rings. The Kier molecular flexibility index (Phi) is 3.65. The number of nitrogens with zero attached hydrogens (tertiary/aromatic N) is 4. The molecular formula is C22H15N7S. The minimum absolute atomic E-state index is 0.603. The molecule has 0 saturated carbocycles. The lowest BCUT2D eigenvalue weighted by molar-refractivity contribution is 1.12. The van der Waals surface area contributed by atoms with Crippen LogP contribution in [0.5, 0.6) is 0 Å². The van der Waals surface area contributed by atoms with Crippen LogP contribution in [0.2, 0.25) is 0 Å². The van der Waals surface area contributed by atoms with Crippen LogP contribution in [-0.2, 0) is 0 Å². The van der Waals surface area contributed by atoms with Crippen molar-refractivity contribution in [1.29, 1.82) is 0 Å². The van der Waals surface area contributed by atoms with Crippen molar-refractivity contribution in [2.75, 3.05) is 5.73 Å². The fourth-order valence-corrected chi connectivity index (χ4v) is 4.37. The van der Waals surface area contributed by atoms with Gasteiger partial charge in [0.1, 0.15) is 11.2 Å². The van der Waals surface area contributed by atoms with Crippen LogP contribution in [0.25, 0.3) is 55.2 Å². The Morgan fingerprint density at radius 2 is 1.93 bits per heavy atom. The van der Waals surface area contributed by atoms with Crippen molar-refractivity contribution in [2.24, 2.45) is 0 Å². The average Bonchev–Trinajstić information content (AvgIpc) is 3.51. The summed E-state index contributed by atoms with van der Waals surface area (Å²) in [6.45, 7) is 0. The van der Waals surface area contributed by atoms with E-state index in [1.54, 1.807) is 23.7 Å². The standard InChI is InChI=1S/C22H15N7S/c23-13-8-12(10-24-11-13)15-3-4-17-21(27-15)22(29-28-17)18-9-14-16(26-18)5-6-25-20(14)19-2-1-7-30-19/h1-11,26H,23H2,(H,28,29). The van der Waals surface area contributed by atoms with Crippen molar-refractivity contribution in [3.05, 3.63) is 66.4 Å². The summed E-state index contributed by atoms with van der Waals surface area (Å²) in [6, 6.07) is 13.9. The van der Waals surface area contributed by atoms with E-state index in [0.717, 1.165) is 55.2 Å². The highest BCUT2D eigenvalue weighted by Crippen LogP contribution is 2.34. The monoisotopic (exact) mass is 409 g/mol. The van der Waals surface area contributed by atoms with E-state index in [2.05, 4.69) is 42.7 Å². The van der Waals surface area contributed by atoms with Crippen molar-refractivity contribution in [2.45, 2.75) is 0 Å². The third-order valence-corrected chi connectivity index (χ3v) is 5.90. The number of aromatic nitrogens is 6. The topological polar surface area (TPSA) is 109 Å². The summed E-state index contributed by atoms with van der Waals surface area (Å²) in [4.78, 5) is 18.2. The van der Waals surface area contributed by atoms with Gasteiger partial charge in [-0.2, -0.15) is 5.10 Å². The first-order valence-corrected chi connectivity index (χ1v) is 10.2. The SMILES string of the molecule is Nc1cncc(-c2ccc3[nH]nc(-c4cc5c(-c6cccs6)nccc5[nH]4)c3n2)c1. The molecule has 0 amide bonds. The first-order valence-electron chi connectivity index (χ1n) is 9.34. The van der Waals surface area contributed by atoms with Gasteiger partial charge in [0.2, 0.25) is 0 Å². The molecule has 0 aliphatic heterocycles. The summed E-state index contributed by atoms with van der Waals surface area (Å²) >= 11 is 1.67. The van der Waals surface area contributed by atoms with E-state index < -0.39 is 0 Å². The summed E-state index contributed by atoms with van der Waals surface area (Å²) in [5, 5.41) is 10.7. The van der Waals surface area contributed by atoms with Gasteiger partial charge in [-0.1, -0.05) is 6.07 Å². The number of rotatable bonds is 3.